The summed E-state index contributed by atoms with van der Waals surface area (Å²) in [5.74, 6) is 0.111. The fourth-order valence-electron chi connectivity index (χ4n) is 2.61. The van der Waals surface area contributed by atoms with Crippen LogP contribution in [0.5, 0.6) is 0 Å². The molecule has 2 aromatic carbocycles. The van der Waals surface area contributed by atoms with Gasteiger partial charge in [-0.1, -0.05) is 60.7 Å². The van der Waals surface area contributed by atoms with Crippen molar-refractivity contribution in [1.29, 1.82) is 0 Å². The smallest absolute Gasteiger partial charge is 0.221 e. The Bertz CT molecular complexity index is 529. The van der Waals surface area contributed by atoms with E-state index < -0.39 is 0 Å². The number of rotatable bonds is 7. The summed E-state index contributed by atoms with van der Waals surface area (Å²) >= 11 is 0. The van der Waals surface area contributed by atoms with Crippen LogP contribution in [0.3, 0.4) is 0 Å². The van der Waals surface area contributed by atoms with Gasteiger partial charge in [-0.05, 0) is 18.1 Å². The van der Waals surface area contributed by atoms with Crippen molar-refractivity contribution in [2.45, 2.75) is 25.3 Å². The van der Waals surface area contributed by atoms with Crippen LogP contribution in [0.2, 0.25) is 0 Å². The summed E-state index contributed by atoms with van der Waals surface area (Å²) in [6.07, 6.45) is 0.433. The highest BCUT2D eigenvalue weighted by molar-refractivity contribution is 5.77. The number of ether oxygens (including phenoxy) is 1. The summed E-state index contributed by atoms with van der Waals surface area (Å²) in [6.45, 7) is 2.47. The molecule has 0 heterocycles. The van der Waals surface area contributed by atoms with E-state index in [1.165, 1.54) is 0 Å². The third-order valence-electron chi connectivity index (χ3n) is 3.62. The van der Waals surface area contributed by atoms with Crippen LogP contribution in [0.4, 0.5) is 0 Å². The molecule has 0 bridgehead atoms. The quantitative estimate of drug-likeness (QED) is 0.851. The molecule has 1 unspecified atom stereocenters. The number of nitrogens with one attached hydrogen (secondary N) is 1. The van der Waals surface area contributed by atoms with Gasteiger partial charge in [-0.2, -0.15) is 0 Å². The highest BCUT2D eigenvalue weighted by atomic mass is 16.5. The zero-order valence-electron chi connectivity index (χ0n) is 13.2. The van der Waals surface area contributed by atoms with Gasteiger partial charge < -0.3 is 10.1 Å². The zero-order chi connectivity index (χ0) is 15.8. The number of benzene rings is 2. The standard InChI is InChI=1S/C19H23NO2/c1-15(14-22-2)20-19(21)13-18(16-9-5-3-6-10-16)17-11-7-4-8-12-17/h3-12,15,18H,13-14H2,1-2H3,(H,20,21). The van der Waals surface area contributed by atoms with Gasteiger partial charge in [0.1, 0.15) is 0 Å². The Morgan fingerprint density at radius 2 is 1.50 bits per heavy atom. The normalized spacial score (nSPS) is 12.1. The van der Waals surface area contributed by atoms with Crippen molar-refractivity contribution >= 4 is 5.91 Å². The summed E-state index contributed by atoms with van der Waals surface area (Å²) < 4.78 is 5.06. The molecular weight excluding hydrogens is 274 g/mol. The Balaban J connectivity index is 2.14. The van der Waals surface area contributed by atoms with Crippen LogP contribution >= 0.6 is 0 Å². The largest absolute Gasteiger partial charge is 0.383 e. The summed E-state index contributed by atoms with van der Waals surface area (Å²) in [5.41, 5.74) is 2.31. The molecule has 3 nitrogen and oxygen atoms in total. The minimum atomic E-state index is 0.0182. The van der Waals surface area contributed by atoms with E-state index in [-0.39, 0.29) is 17.9 Å². The number of hydrogen-bond donors (Lipinski definition) is 1. The molecule has 0 spiro atoms. The molecule has 0 aliphatic carbocycles. The lowest BCUT2D eigenvalue weighted by Gasteiger charge is -2.19. The average molecular weight is 297 g/mol. The molecule has 1 atom stereocenters. The van der Waals surface area contributed by atoms with Gasteiger partial charge in [0.05, 0.1) is 6.61 Å². The molecule has 1 N–H and O–H groups in total. The van der Waals surface area contributed by atoms with E-state index in [4.69, 9.17) is 4.74 Å². The van der Waals surface area contributed by atoms with Gasteiger partial charge in [-0.3, -0.25) is 4.79 Å². The van der Waals surface area contributed by atoms with Crippen LogP contribution < -0.4 is 5.32 Å². The van der Waals surface area contributed by atoms with Gasteiger partial charge in [-0.15, -0.1) is 0 Å². The first-order valence-corrected chi connectivity index (χ1v) is 7.59. The Kier molecular flexibility index (Phi) is 6.16. The SMILES string of the molecule is COCC(C)NC(=O)CC(c1ccccc1)c1ccccc1. The Hall–Kier alpha value is -2.13. The molecule has 0 radical (unpaired) electrons. The highest BCUT2D eigenvalue weighted by Crippen LogP contribution is 2.27. The molecule has 0 aliphatic rings. The minimum Gasteiger partial charge on any atom is -0.383 e. The van der Waals surface area contributed by atoms with Crippen molar-refractivity contribution in [3.8, 4) is 0 Å². The lowest BCUT2D eigenvalue weighted by atomic mass is 9.88. The van der Waals surface area contributed by atoms with E-state index in [2.05, 4.69) is 29.6 Å². The molecule has 22 heavy (non-hydrogen) atoms. The van der Waals surface area contributed by atoms with Gasteiger partial charge in [0.2, 0.25) is 5.91 Å². The third-order valence-corrected chi connectivity index (χ3v) is 3.62. The van der Waals surface area contributed by atoms with E-state index in [0.29, 0.717) is 13.0 Å². The van der Waals surface area contributed by atoms with E-state index in [9.17, 15) is 4.79 Å². The molecule has 3 heteroatoms. The molecule has 0 saturated heterocycles. The van der Waals surface area contributed by atoms with E-state index in [0.717, 1.165) is 11.1 Å². The second kappa shape index (κ2) is 8.35. The van der Waals surface area contributed by atoms with Crippen LogP contribution in [0.25, 0.3) is 0 Å². The summed E-state index contributed by atoms with van der Waals surface area (Å²) in [7, 11) is 1.64. The number of hydrogen-bond acceptors (Lipinski definition) is 2. The van der Waals surface area contributed by atoms with Crippen LogP contribution in [0.1, 0.15) is 30.4 Å². The average Bonchev–Trinajstić information content (AvgIpc) is 2.54. The lowest BCUT2D eigenvalue weighted by Crippen LogP contribution is -2.36. The van der Waals surface area contributed by atoms with E-state index in [1.807, 2.05) is 43.3 Å². The van der Waals surface area contributed by atoms with Crippen molar-refractivity contribution in [3.05, 3.63) is 71.8 Å². The topological polar surface area (TPSA) is 38.3 Å². The molecule has 2 rings (SSSR count). The fraction of sp³-hybridized carbons (Fsp3) is 0.316. The van der Waals surface area contributed by atoms with Crippen LogP contribution in [0, 0.1) is 0 Å². The second-order valence-corrected chi connectivity index (χ2v) is 5.50. The lowest BCUT2D eigenvalue weighted by molar-refractivity contribution is -0.122. The molecular formula is C19H23NO2. The Labute approximate surface area is 132 Å². The maximum absolute atomic E-state index is 12.3. The highest BCUT2D eigenvalue weighted by Gasteiger charge is 2.18. The molecule has 0 saturated carbocycles. The van der Waals surface area contributed by atoms with Gasteiger partial charge in [0.25, 0.3) is 0 Å². The van der Waals surface area contributed by atoms with E-state index in [1.54, 1.807) is 7.11 Å². The predicted octanol–water partition coefficient (Wildman–Crippen LogP) is 3.36. The van der Waals surface area contributed by atoms with Crippen molar-refractivity contribution < 1.29 is 9.53 Å². The first-order chi connectivity index (χ1) is 10.7. The van der Waals surface area contributed by atoms with Crippen LogP contribution in [0.15, 0.2) is 60.7 Å². The van der Waals surface area contributed by atoms with E-state index >= 15 is 0 Å². The van der Waals surface area contributed by atoms with Gasteiger partial charge in [0, 0.05) is 25.5 Å². The van der Waals surface area contributed by atoms with Crippen molar-refractivity contribution in [2.24, 2.45) is 0 Å². The number of amides is 1. The molecule has 1 amide bonds. The predicted molar refractivity (Wildman–Crippen MR) is 88.8 cm³/mol. The van der Waals surface area contributed by atoms with Gasteiger partial charge in [0.15, 0.2) is 0 Å². The minimum absolute atomic E-state index is 0.0182. The first kappa shape index (κ1) is 16.2. The molecule has 116 valence electrons. The van der Waals surface area contributed by atoms with Gasteiger partial charge >= 0.3 is 0 Å². The van der Waals surface area contributed by atoms with Crippen LogP contribution in [-0.2, 0) is 9.53 Å². The maximum atomic E-state index is 12.3. The van der Waals surface area contributed by atoms with Crippen molar-refractivity contribution in [3.63, 3.8) is 0 Å². The molecule has 0 aliphatic heterocycles. The second-order valence-electron chi connectivity index (χ2n) is 5.50. The maximum Gasteiger partial charge on any atom is 0.221 e. The summed E-state index contributed by atoms with van der Waals surface area (Å²) in [5, 5.41) is 2.99. The fourth-order valence-corrected chi connectivity index (χ4v) is 2.61. The van der Waals surface area contributed by atoms with Crippen LogP contribution in [-0.4, -0.2) is 25.7 Å². The molecule has 0 fully saturated rings. The number of carbonyl (C=O) groups is 1. The number of carbonyl (C=O) groups excluding carboxylic acids is 1. The van der Waals surface area contributed by atoms with Crippen molar-refractivity contribution in [2.75, 3.05) is 13.7 Å². The molecule has 0 aromatic heterocycles. The Morgan fingerprint density at radius 3 is 1.95 bits per heavy atom. The van der Waals surface area contributed by atoms with Crippen molar-refractivity contribution in [1.82, 2.24) is 5.32 Å². The summed E-state index contributed by atoms with van der Waals surface area (Å²) in [6, 6.07) is 20.3. The first-order valence-electron chi connectivity index (χ1n) is 7.59. The summed E-state index contributed by atoms with van der Waals surface area (Å²) in [4.78, 5) is 12.3. The third kappa shape index (κ3) is 4.71. The Morgan fingerprint density at radius 1 is 1.00 bits per heavy atom. The molecule has 2 aromatic rings. The zero-order valence-corrected chi connectivity index (χ0v) is 13.2. The number of methoxy groups -OCH3 is 1. The van der Waals surface area contributed by atoms with Gasteiger partial charge in [-0.25, -0.2) is 0 Å². The monoisotopic (exact) mass is 297 g/mol.